The normalized spacial score (nSPS) is 12.4. The first kappa shape index (κ1) is 23.2. The van der Waals surface area contributed by atoms with Gasteiger partial charge >= 0.3 is 0 Å². The Morgan fingerprint density at radius 3 is 2.31 bits per heavy atom. The van der Waals surface area contributed by atoms with Crippen LogP contribution in [0.1, 0.15) is 11.1 Å². The number of likely N-dealkylation sites (N-methyl/N-ethyl adjacent to an activating group) is 2. The summed E-state index contributed by atoms with van der Waals surface area (Å²) in [5.41, 5.74) is 2.34. The predicted octanol–water partition coefficient (Wildman–Crippen LogP) is 2.65. The van der Waals surface area contributed by atoms with Gasteiger partial charge in [-0.15, -0.1) is 0 Å². The molecule has 0 bridgehead atoms. The summed E-state index contributed by atoms with van der Waals surface area (Å²) in [6.45, 7) is 3.84. The number of ether oxygens (including phenoxy) is 3. The molecule has 1 N–H and O–H groups in total. The number of rotatable bonds is 13. The SMILES string of the molecule is COCCN(C)Cc1ccc(OC)c(OCC(O)CN(C)Cc2ccccc2)c1. The molecule has 2 rings (SSSR count). The molecule has 0 amide bonds. The highest BCUT2D eigenvalue weighted by molar-refractivity contribution is 5.43. The molecule has 0 fully saturated rings. The van der Waals surface area contributed by atoms with E-state index in [1.54, 1.807) is 14.2 Å². The summed E-state index contributed by atoms with van der Waals surface area (Å²) in [4.78, 5) is 4.27. The predicted molar refractivity (Wildman–Crippen MR) is 115 cm³/mol. The van der Waals surface area contributed by atoms with Crippen LogP contribution in [-0.4, -0.2) is 75.6 Å². The number of nitrogens with zero attached hydrogens (tertiary/aromatic N) is 2. The number of benzene rings is 2. The van der Waals surface area contributed by atoms with Crippen molar-refractivity contribution in [1.29, 1.82) is 0 Å². The monoisotopic (exact) mass is 402 g/mol. The van der Waals surface area contributed by atoms with Crippen molar-refractivity contribution in [2.24, 2.45) is 0 Å². The Labute approximate surface area is 174 Å². The third-order valence-corrected chi connectivity index (χ3v) is 4.61. The molecule has 6 nitrogen and oxygen atoms in total. The zero-order valence-electron chi connectivity index (χ0n) is 18.0. The van der Waals surface area contributed by atoms with Crippen LogP contribution in [0.2, 0.25) is 0 Å². The van der Waals surface area contributed by atoms with Gasteiger partial charge in [-0.25, -0.2) is 0 Å². The van der Waals surface area contributed by atoms with Crippen molar-refractivity contribution in [2.45, 2.75) is 19.2 Å². The third kappa shape index (κ3) is 8.41. The summed E-state index contributed by atoms with van der Waals surface area (Å²) in [6, 6.07) is 16.1. The highest BCUT2D eigenvalue weighted by Gasteiger charge is 2.13. The molecule has 6 heteroatoms. The van der Waals surface area contributed by atoms with E-state index in [2.05, 4.69) is 29.0 Å². The van der Waals surface area contributed by atoms with E-state index < -0.39 is 6.10 Å². The Hall–Kier alpha value is -2.12. The maximum Gasteiger partial charge on any atom is 0.161 e. The van der Waals surface area contributed by atoms with Crippen LogP contribution in [0.3, 0.4) is 0 Å². The lowest BCUT2D eigenvalue weighted by molar-refractivity contribution is 0.0732. The van der Waals surface area contributed by atoms with Crippen LogP contribution in [0, 0.1) is 0 Å². The molecular formula is C23H34N2O4. The fraction of sp³-hybridized carbons (Fsp3) is 0.478. The number of hydrogen-bond donors (Lipinski definition) is 1. The Morgan fingerprint density at radius 2 is 1.62 bits per heavy atom. The molecule has 29 heavy (non-hydrogen) atoms. The molecule has 0 spiro atoms. The van der Waals surface area contributed by atoms with Crippen molar-refractivity contribution >= 4 is 0 Å². The summed E-state index contributed by atoms with van der Waals surface area (Å²) in [5, 5.41) is 10.4. The molecule has 1 unspecified atom stereocenters. The maximum atomic E-state index is 10.4. The topological polar surface area (TPSA) is 54.4 Å². The van der Waals surface area contributed by atoms with Crippen molar-refractivity contribution in [2.75, 3.05) is 54.6 Å². The maximum absolute atomic E-state index is 10.4. The molecule has 0 aliphatic carbocycles. The number of hydrogen-bond acceptors (Lipinski definition) is 6. The first-order valence-electron chi connectivity index (χ1n) is 9.89. The Kier molecular flexibility index (Phi) is 9.94. The molecule has 0 heterocycles. The summed E-state index contributed by atoms with van der Waals surface area (Å²) in [5.74, 6) is 1.31. The number of aliphatic hydroxyl groups excluding tert-OH is 1. The second-order valence-electron chi connectivity index (χ2n) is 7.36. The van der Waals surface area contributed by atoms with Gasteiger partial charge in [0, 0.05) is 33.3 Å². The van der Waals surface area contributed by atoms with Crippen LogP contribution in [0.15, 0.2) is 48.5 Å². The lowest BCUT2D eigenvalue weighted by Gasteiger charge is -2.22. The van der Waals surface area contributed by atoms with Gasteiger partial charge in [0.15, 0.2) is 11.5 Å². The van der Waals surface area contributed by atoms with Crippen LogP contribution in [0.25, 0.3) is 0 Å². The van der Waals surface area contributed by atoms with E-state index in [9.17, 15) is 5.11 Å². The van der Waals surface area contributed by atoms with Crippen LogP contribution < -0.4 is 9.47 Å². The first-order chi connectivity index (χ1) is 14.0. The van der Waals surface area contributed by atoms with Gasteiger partial charge in [0.1, 0.15) is 12.7 Å². The Bertz CT molecular complexity index is 711. The molecule has 160 valence electrons. The second-order valence-corrected chi connectivity index (χ2v) is 7.36. The van der Waals surface area contributed by atoms with Crippen molar-refractivity contribution in [3.63, 3.8) is 0 Å². The average Bonchev–Trinajstić information content (AvgIpc) is 2.71. The van der Waals surface area contributed by atoms with E-state index in [1.165, 1.54) is 5.56 Å². The van der Waals surface area contributed by atoms with Gasteiger partial charge in [0.25, 0.3) is 0 Å². The zero-order chi connectivity index (χ0) is 21.1. The highest BCUT2D eigenvalue weighted by atomic mass is 16.5. The van der Waals surface area contributed by atoms with Gasteiger partial charge in [-0.1, -0.05) is 36.4 Å². The molecule has 2 aromatic carbocycles. The molecule has 2 aromatic rings. The van der Waals surface area contributed by atoms with Crippen LogP contribution >= 0.6 is 0 Å². The number of aliphatic hydroxyl groups is 1. The largest absolute Gasteiger partial charge is 0.493 e. The first-order valence-corrected chi connectivity index (χ1v) is 9.89. The van der Waals surface area contributed by atoms with Crippen molar-refractivity contribution in [1.82, 2.24) is 9.80 Å². The minimum atomic E-state index is -0.596. The molecule has 0 saturated heterocycles. The summed E-state index contributed by atoms with van der Waals surface area (Å²) in [6.07, 6.45) is -0.596. The highest BCUT2D eigenvalue weighted by Crippen LogP contribution is 2.28. The van der Waals surface area contributed by atoms with Gasteiger partial charge in [0.2, 0.25) is 0 Å². The minimum absolute atomic E-state index is 0.207. The van der Waals surface area contributed by atoms with E-state index in [1.807, 2.05) is 43.4 Å². The Balaban J connectivity index is 1.87. The average molecular weight is 403 g/mol. The van der Waals surface area contributed by atoms with E-state index in [0.29, 0.717) is 24.7 Å². The summed E-state index contributed by atoms with van der Waals surface area (Å²) >= 11 is 0. The van der Waals surface area contributed by atoms with Gasteiger partial charge in [-0.2, -0.15) is 0 Å². The lowest BCUT2D eigenvalue weighted by Crippen LogP contribution is -2.32. The molecule has 0 saturated carbocycles. The minimum Gasteiger partial charge on any atom is -0.493 e. The van der Waals surface area contributed by atoms with E-state index in [4.69, 9.17) is 14.2 Å². The zero-order valence-corrected chi connectivity index (χ0v) is 18.0. The second kappa shape index (κ2) is 12.4. The lowest BCUT2D eigenvalue weighted by atomic mass is 10.2. The van der Waals surface area contributed by atoms with E-state index in [-0.39, 0.29) is 6.61 Å². The molecule has 1 atom stereocenters. The van der Waals surface area contributed by atoms with Gasteiger partial charge < -0.3 is 19.3 Å². The number of methoxy groups -OCH3 is 2. The van der Waals surface area contributed by atoms with E-state index >= 15 is 0 Å². The summed E-state index contributed by atoms with van der Waals surface area (Å²) in [7, 11) is 7.37. The Morgan fingerprint density at radius 1 is 0.897 bits per heavy atom. The molecular weight excluding hydrogens is 368 g/mol. The fourth-order valence-electron chi connectivity index (χ4n) is 3.13. The van der Waals surface area contributed by atoms with Crippen molar-refractivity contribution in [3.8, 4) is 11.5 Å². The van der Waals surface area contributed by atoms with Crippen LogP contribution in [0.5, 0.6) is 11.5 Å². The smallest absolute Gasteiger partial charge is 0.161 e. The quantitative estimate of drug-likeness (QED) is 0.556. The standard InChI is InChI=1S/C23H34N2O4/c1-24(12-13-27-3)16-20-10-11-22(28-4)23(14-20)29-18-21(26)17-25(2)15-19-8-6-5-7-9-19/h5-11,14,21,26H,12-13,15-18H2,1-4H3. The van der Waals surface area contributed by atoms with Gasteiger partial charge in [0.05, 0.1) is 13.7 Å². The summed E-state index contributed by atoms with van der Waals surface area (Å²) < 4.78 is 16.4. The molecule has 0 aliphatic rings. The van der Waals surface area contributed by atoms with E-state index in [0.717, 1.165) is 25.2 Å². The van der Waals surface area contributed by atoms with Crippen LogP contribution in [-0.2, 0) is 17.8 Å². The third-order valence-electron chi connectivity index (χ3n) is 4.61. The van der Waals surface area contributed by atoms with Gasteiger partial charge in [-0.05, 0) is 37.4 Å². The van der Waals surface area contributed by atoms with Crippen LogP contribution in [0.4, 0.5) is 0 Å². The molecule has 0 radical (unpaired) electrons. The van der Waals surface area contributed by atoms with Crippen molar-refractivity contribution < 1.29 is 19.3 Å². The molecule has 0 aromatic heterocycles. The van der Waals surface area contributed by atoms with Crippen molar-refractivity contribution in [3.05, 3.63) is 59.7 Å². The van der Waals surface area contributed by atoms with Gasteiger partial charge in [-0.3, -0.25) is 9.80 Å². The molecule has 0 aliphatic heterocycles. The fourth-order valence-corrected chi connectivity index (χ4v) is 3.13.